The lowest BCUT2D eigenvalue weighted by molar-refractivity contribution is -0.139. The molecule has 2 aromatic rings. The van der Waals surface area contributed by atoms with E-state index in [2.05, 4.69) is 5.32 Å². The number of alkyl halides is 3. The van der Waals surface area contributed by atoms with Crippen LogP contribution in [0.15, 0.2) is 54.6 Å². The van der Waals surface area contributed by atoms with Crippen molar-refractivity contribution in [1.82, 2.24) is 5.32 Å². The fourth-order valence-electron chi connectivity index (χ4n) is 2.04. The molecule has 1 atom stereocenters. The van der Waals surface area contributed by atoms with Gasteiger partial charge in [-0.1, -0.05) is 36.4 Å². The van der Waals surface area contributed by atoms with Gasteiger partial charge in [0.2, 0.25) is 0 Å². The number of aliphatic hydroxyl groups is 1. The molecule has 2 rings (SSSR count). The Labute approximate surface area is 125 Å². The number of rotatable bonds is 4. The minimum atomic E-state index is -4.55. The zero-order valence-corrected chi connectivity index (χ0v) is 11.5. The molecule has 0 heterocycles. The van der Waals surface area contributed by atoms with E-state index in [1.54, 1.807) is 30.3 Å². The van der Waals surface area contributed by atoms with Crippen LogP contribution in [-0.4, -0.2) is 17.6 Å². The van der Waals surface area contributed by atoms with E-state index in [-0.39, 0.29) is 12.1 Å². The molecule has 6 heteroatoms. The summed E-state index contributed by atoms with van der Waals surface area (Å²) < 4.78 is 38.6. The van der Waals surface area contributed by atoms with Crippen LogP contribution in [0.4, 0.5) is 13.2 Å². The van der Waals surface area contributed by atoms with Gasteiger partial charge in [-0.15, -0.1) is 0 Å². The Kier molecular flexibility index (Phi) is 4.82. The monoisotopic (exact) mass is 309 g/mol. The second-order valence-electron chi connectivity index (χ2n) is 4.68. The third-order valence-electron chi connectivity index (χ3n) is 3.12. The minimum absolute atomic E-state index is 0.261. The van der Waals surface area contributed by atoms with Crippen LogP contribution in [0.3, 0.4) is 0 Å². The number of carbonyl (C=O) groups excluding carboxylic acids is 1. The summed E-state index contributed by atoms with van der Waals surface area (Å²) in [6.07, 6.45) is -5.99. The Balaban J connectivity index is 2.07. The van der Waals surface area contributed by atoms with Gasteiger partial charge in [0, 0.05) is 12.1 Å². The first-order valence-corrected chi connectivity index (χ1v) is 6.57. The molecule has 0 aliphatic carbocycles. The van der Waals surface area contributed by atoms with Crippen molar-refractivity contribution >= 4 is 5.91 Å². The smallest absolute Gasteiger partial charge is 0.387 e. The van der Waals surface area contributed by atoms with Crippen molar-refractivity contribution < 1.29 is 23.1 Å². The third kappa shape index (κ3) is 3.85. The first kappa shape index (κ1) is 16.0. The van der Waals surface area contributed by atoms with Gasteiger partial charge >= 0.3 is 6.18 Å². The molecule has 1 unspecified atom stereocenters. The molecule has 0 aliphatic rings. The molecule has 0 bridgehead atoms. The Bertz CT molecular complexity index is 641. The molecule has 0 radical (unpaired) electrons. The van der Waals surface area contributed by atoms with E-state index in [0.29, 0.717) is 5.56 Å². The molecular formula is C16H14F3NO2. The number of halogens is 3. The first-order chi connectivity index (χ1) is 10.4. The summed E-state index contributed by atoms with van der Waals surface area (Å²) in [7, 11) is 0. The van der Waals surface area contributed by atoms with Crippen molar-refractivity contribution in [3.8, 4) is 0 Å². The van der Waals surface area contributed by atoms with Gasteiger partial charge in [0.05, 0.1) is 11.7 Å². The lowest BCUT2D eigenvalue weighted by Crippen LogP contribution is -2.29. The molecule has 0 saturated carbocycles. The summed E-state index contributed by atoms with van der Waals surface area (Å²) in [6, 6.07) is 13.0. The average Bonchev–Trinajstić information content (AvgIpc) is 2.52. The van der Waals surface area contributed by atoms with Crippen LogP contribution in [0, 0.1) is 0 Å². The topological polar surface area (TPSA) is 49.3 Å². The third-order valence-corrected chi connectivity index (χ3v) is 3.12. The van der Waals surface area contributed by atoms with E-state index in [1.165, 1.54) is 18.2 Å². The fourth-order valence-corrected chi connectivity index (χ4v) is 2.04. The number of nitrogens with one attached hydrogen (secondary N) is 1. The van der Waals surface area contributed by atoms with Gasteiger partial charge in [-0.05, 0) is 23.8 Å². The van der Waals surface area contributed by atoms with Gasteiger partial charge in [0.15, 0.2) is 0 Å². The van der Waals surface area contributed by atoms with Crippen LogP contribution >= 0.6 is 0 Å². The molecule has 116 valence electrons. The summed E-state index contributed by atoms with van der Waals surface area (Å²) in [5, 5.41) is 12.4. The van der Waals surface area contributed by atoms with E-state index in [0.717, 1.165) is 6.07 Å². The molecular weight excluding hydrogens is 295 g/mol. The highest BCUT2D eigenvalue weighted by molar-refractivity contribution is 5.94. The van der Waals surface area contributed by atoms with Gasteiger partial charge in [0.1, 0.15) is 0 Å². The Morgan fingerprint density at radius 1 is 1.05 bits per heavy atom. The maximum Gasteiger partial charge on any atom is 0.416 e. The normalized spacial score (nSPS) is 12.7. The van der Waals surface area contributed by atoms with E-state index >= 15 is 0 Å². The van der Waals surface area contributed by atoms with E-state index < -0.39 is 23.8 Å². The summed E-state index contributed by atoms with van der Waals surface area (Å²) in [4.78, 5) is 11.8. The summed E-state index contributed by atoms with van der Waals surface area (Å²) in [5.41, 5.74) is -0.793. The van der Waals surface area contributed by atoms with Crippen molar-refractivity contribution in [3.05, 3.63) is 71.3 Å². The number of hydrogen-bond acceptors (Lipinski definition) is 2. The summed E-state index contributed by atoms with van der Waals surface area (Å²) in [5.74, 6) is -0.455. The molecule has 2 aromatic carbocycles. The van der Waals surface area contributed by atoms with Crippen LogP contribution < -0.4 is 5.32 Å². The second kappa shape index (κ2) is 6.62. The zero-order chi connectivity index (χ0) is 16.2. The minimum Gasteiger partial charge on any atom is -0.387 e. The maximum absolute atomic E-state index is 12.9. The first-order valence-electron chi connectivity index (χ1n) is 6.57. The fraction of sp³-hybridized carbons (Fsp3) is 0.188. The second-order valence-corrected chi connectivity index (χ2v) is 4.68. The molecule has 2 N–H and O–H groups in total. The van der Waals surface area contributed by atoms with Crippen LogP contribution in [0.2, 0.25) is 0 Å². The number of aliphatic hydroxyl groups excluding tert-OH is 1. The summed E-state index contributed by atoms with van der Waals surface area (Å²) >= 11 is 0. The average molecular weight is 309 g/mol. The molecule has 1 amide bonds. The number of amides is 1. The van der Waals surface area contributed by atoms with Crippen molar-refractivity contribution in [1.29, 1.82) is 0 Å². The predicted molar refractivity (Wildman–Crippen MR) is 75.2 cm³/mol. The molecule has 22 heavy (non-hydrogen) atoms. The van der Waals surface area contributed by atoms with Crippen LogP contribution in [0.25, 0.3) is 0 Å². The summed E-state index contributed by atoms with van der Waals surface area (Å²) in [6.45, 7) is -0.305. The lowest BCUT2D eigenvalue weighted by atomic mass is 10.0. The quantitative estimate of drug-likeness (QED) is 0.911. The standard InChI is InChI=1S/C16H14F3NO2/c17-16(18,19)13-9-5-4-8-12(13)14(21)10-20-15(22)11-6-2-1-3-7-11/h1-9,14,21H,10H2,(H,20,22). The molecule has 0 saturated heterocycles. The van der Waals surface area contributed by atoms with E-state index in [1.807, 2.05) is 0 Å². The maximum atomic E-state index is 12.9. The Morgan fingerprint density at radius 2 is 1.64 bits per heavy atom. The van der Waals surface area contributed by atoms with Gasteiger partial charge in [-0.25, -0.2) is 0 Å². The molecule has 0 aliphatic heterocycles. The zero-order valence-electron chi connectivity index (χ0n) is 11.5. The van der Waals surface area contributed by atoms with Gasteiger partial charge < -0.3 is 10.4 Å². The van der Waals surface area contributed by atoms with Crippen molar-refractivity contribution in [2.75, 3.05) is 6.54 Å². The van der Waals surface area contributed by atoms with Crippen molar-refractivity contribution in [3.63, 3.8) is 0 Å². The van der Waals surface area contributed by atoms with Gasteiger partial charge in [-0.3, -0.25) is 4.79 Å². The Hall–Kier alpha value is -2.34. The highest BCUT2D eigenvalue weighted by Crippen LogP contribution is 2.34. The van der Waals surface area contributed by atoms with Gasteiger partial charge in [-0.2, -0.15) is 13.2 Å². The largest absolute Gasteiger partial charge is 0.416 e. The SMILES string of the molecule is O=C(NCC(O)c1ccccc1C(F)(F)F)c1ccccc1. The molecule has 0 fully saturated rings. The lowest BCUT2D eigenvalue weighted by Gasteiger charge is -2.17. The van der Waals surface area contributed by atoms with Crippen LogP contribution in [-0.2, 0) is 6.18 Å². The van der Waals surface area contributed by atoms with Crippen LogP contribution in [0.5, 0.6) is 0 Å². The van der Waals surface area contributed by atoms with Crippen molar-refractivity contribution in [2.24, 2.45) is 0 Å². The number of benzene rings is 2. The predicted octanol–water partition coefficient (Wildman–Crippen LogP) is 3.17. The Morgan fingerprint density at radius 3 is 2.27 bits per heavy atom. The number of carbonyl (C=O) groups is 1. The van der Waals surface area contributed by atoms with Crippen molar-refractivity contribution in [2.45, 2.75) is 12.3 Å². The highest BCUT2D eigenvalue weighted by Gasteiger charge is 2.34. The number of hydrogen-bond donors (Lipinski definition) is 2. The molecule has 0 aromatic heterocycles. The molecule has 3 nitrogen and oxygen atoms in total. The highest BCUT2D eigenvalue weighted by atomic mass is 19.4. The molecule has 0 spiro atoms. The van der Waals surface area contributed by atoms with Crippen LogP contribution in [0.1, 0.15) is 27.6 Å². The van der Waals surface area contributed by atoms with E-state index in [9.17, 15) is 23.1 Å². The van der Waals surface area contributed by atoms with Gasteiger partial charge in [0.25, 0.3) is 5.91 Å². The van der Waals surface area contributed by atoms with E-state index in [4.69, 9.17) is 0 Å².